The monoisotopic (exact) mass is 467 g/mol. The highest BCUT2D eigenvalue weighted by Crippen LogP contribution is 2.45. The quantitative estimate of drug-likeness (QED) is 0.204. The molecule has 0 atom stereocenters. The maximum Gasteiger partial charge on any atom is 0.193 e. The largest absolute Gasteiger partial charge is 0.342 e. The molecular formula is C27H18ClN3OS. The van der Waals surface area contributed by atoms with Crippen LogP contribution in [0, 0.1) is 6.92 Å². The van der Waals surface area contributed by atoms with Crippen molar-refractivity contribution in [2.75, 3.05) is 0 Å². The summed E-state index contributed by atoms with van der Waals surface area (Å²) >= 11 is 7.60. The van der Waals surface area contributed by atoms with Crippen molar-refractivity contribution in [1.29, 1.82) is 0 Å². The molecule has 1 aliphatic carbocycles. The van der Waals surface area contributed by atoms with Crippen molar-refractivity contribution in [2.24, 2.45) is 7.05 Å². The molecule has 2 aliphatic rings. The second kappa shape index (κ2) is 7.51. The van der Waals surface area contributed by atoms with Gasteiger partial charge in [0.05, 0.1) is 32.9 Å². The number of nitrogens with zero attached hydrogens (tertiary/aromatic N) is 3. The normalized spacial score (nSPS) is 11.6. The molecule has 6 heteroatoms. The second-order valence-corrected chi connectivity index (χ2v) is 9.43. The van der Waals surface area contributed by atoms with Gasteiger partial charge in [0.1, 0.15) is 9.98 Å². The van der Waals surface area contributed by atoms with Crippen molar-refractivity contribution in [3.63, 3.8) is 0 Å². The summed E-state index contributed by atoms with van der Waals surface area (Å²) in [7, 11) is 2.02. The van der Waals surface area contributed by atoms with Gasteiger partial charge in [0.2, 0.25) is 0 Å². The Morgan fingerprint density at radius 2 is 1.42 bits per heavy atom. The van der Waals surface area contributed by atoms with Crippen LogP contribution in [0.25, 0.3) is 54.2 Å². The van der Waals surface area contributed by atoms with E-state index >= 15 is 0 Å². The third-order valence-corrected chi connectivity index (χ3v) is 7.49. The lowest BCUT2D eigenvalue weighted by molar-refractivity contribution is 0.951. The molecule has 0 saturated carbocycles. The van der Waals surface area contributed by atoms with Crippen LogP contribution in [0.5, 0.6) is 0 Å². The van der Waals surface area contributed by atoms with Crippen LogP contribution in [0.1, 0.15) is 5.56 Å². The minimum atomic E-state index is 0.0218. The first-order chi connectivity index (χ1) is 16.0. The smallest absolute Gasteiger partial charge is 0.193 e. The van der Waals surface area contributed by atoms with Gasteiger partial charge in [0.15, 0.2) is 5.43 Å². The van der Waals surface area contributed by atoms with Crippen molar-refractivity contribution in [1.82, 2.24) is 14.5 Å². The zero-order valence-corrected chi connectivity index (χ0v) is 19.5. The second-order valence-electron chi connectivity index (χ2n) is 8.04. The molecule has 4 nitrogen and oxygen atoms in total. The van der Waals surface area contributed by atoms with Crippen LogP contribution in [0.4, 0.5) is 0 Å². The molecule has 6 rings (SSSR count). The fourth-order valence-electron chi connectivity index (χ4n) is 4.60. The highest BCUT2D eigenvalue weighted by molar-refractivity contribution is 7.21. The standard InChI is InChI=1S/C27H18ClN3OS/c1-15-25(32)21-20(22-26(15)33-27-18(29-22)13-14-19(28)30-27)23(16-9-5-3-6-10-16)31(2)24(21)17-11-7-4-8-12-17/h3-14H,1-2H3. The van der Waals surface area contributed by atoms with E-state index in [2.05, 4.69) is 21.7 Å². The van der Waals surface area contributed by atoms with Crippen LogP contribution < -0.4 is 5.43 Å². The molecule has 2 aromatic carbocycles. The van der Waals surface area contributed by atoms with Crippen LogP contribution >= 0.6 is 22.9 Å². The van der Waals surface area contributed by atoms with E-state index in [1.807, 2.05) is 68.6 Å². The van der Waals surface area contributed by atoms with E-state index in [9.17, 15) is 4.79 Å². The Morgan fingerprint density at radius 1 is 0.818 bits per heavy atom. The zero-order valence-electron chi connectivity index (χ0n) is 18.0. The average Bonchev–Trinajstić information content (AvgIpc) is 3.15. The summed E-state index contributed by atoms with van der Waals surface area (Å²) in [6.07, 6.45) is 0. The Morgan fingerprint density at radius 3 is 2.06 bits per heavy atom. The first kappa shape index (κ1) is 20.1. The molecule has 2 aromatic heterocycles. The summed E-state index contributed by atoms with van der Waals surface area (Å²) in [6, 6.07) is 23.9. The van der Waals surface area contributed by atoms with Crippen LogP contribution in [-0.4, -0.2) is 14.5 Å². The molecule has 3 heterocycles. The Hall–Kier alpha value is -3.54. The molecule has 0 amide bonds. The van der Waals surface area contributed by atoms with Gasteiger partial charge in [-0.25, -0.2) is 9.97 Å². The van der Waals surface area contributed by atoms with Gasteiger partial charge in [-0.15, -0.1) is 11.3 Å². The summed E-state index contributed by atoms with van der Waals surface area (Å²) in [6.45, 7) is 1.88. The minimum Gasteiger partial charge on any atom is -0.342 e. The highest BCUT2D eigenvalue weighted by Gasteiger charge is 2.28. The molecule has 0 bridgehead atoms. The van der Waals surface area contributed by atoms with Crippen LogP contribution in [-0.2, 0) is 7.05 Å². The van der Waals surface area contributed by atoms with Crippen LogP contribution in [0.2, 0.25) is 5.15 Å². The van der Waals surface area contributed by atoms with Crippen molar-refractivity contribution in [3.05, 3.63) is 93.7 Å². The Labute approximate surface area is 199 Å². The number of hydrogen-bond donors (Lipinski definition) is 0. The summed E-state index contributed by atoms with van der Waals surface area (Å²) in [5, 5.41) is 1.99. The van der Waals surface area contributed by atoms with Gasteiger partial charge in [0.25, 0.3) is 0 Å². The summed E-state index contributed by atoms with van der Waals surface area (Å²) in [4.78, 5) is 24.9. The molecule has 0 N–H and O–H groups in total. The number of benzene rings is 3. The van der Waals surface area contributed by atoms with E-state index in [0.717, 1.165) is 48.8 Å². The van der Waals surface area contributed by atoms with Gasteiger partial charge in [-0.1, -0.05) is 72.3 Å². The molecule has 33 heavy (non-hydrogen) atoms. The van der Waals surface area contributed by atoms with E-state index in [4.69, 9.17) is 16.6 Å². The first-order valence-electron chi connectivity index (χ1n) is 10.6. The lowest BCUT2D eigenvalue weighted by Crippen LogP contribution is -2.09. The predicted molar refractivity (Wildman–Crippen MR) is 137 cm³/mol. The average molecular weight is 468 g/mol. The van der Waals surface area contributed by atoms with Crippen molar-refractivity contribution < 1.29 is 0 Å². The molecule has 0 unspecified atom stereocenters. The molecule has 0 radical (unpaired) electrons. The molecule has 0 spiro atoms. The lowest BCUT2D eigenvalue weighted by atomic mass is 9.98. The van der Waals surface area contributed by atoms with E-state index < -0.39 is 0 Å². The number of rotatable bonds is 2. The summed E-state index contributed by atoms with van der Waals surface area (Å²) < 4.78 is 2.13. The number of fused-ring (bicyclic) bond motifs is 4. The number of aromatic nitrogens is 3. The predicted octanol–water partition coefficient (Wildman–Crippen LogP) is 6.94. The van der Waals surface area contributed by atoms with Crippen LogP contribution in [0.3, 0.4) is 0 Å². The van der Waals surface area contributed by atoms with Crippen LogP contribution in [0.15, 0.2) is 77.6 Å². The number of hydrogen-bond acceptors (Lipinski definition) is 4. The maximum atomic E-state index is 13.9. The third-order valence-electron chi connectivity index (χ3n) is 6.09. The maximum absolute atomic E-state index is 13.9. The van der Waals surface area contributed by atoms with Gasteiger partial charge in [-0.3, -0.25) is 4.79 Å². The number of pyridine rings is 1. The molecule has 0 saturated heterocycles. The van der Waals surface area contributed by atoms with Gasteiger partial charge < -0.3 is 4.57 Å². The molecule has 0 fully saturated rings. The summed E-state index contributed by atoms with van der Waals surface area (Å²) in [5.41, 5.74) is 6.21. The van der Waals surface area contributed by atoms with E-state index in [-0.39, 0.29) is 5.43 Å². The summed E-state index contributed by atoms with van der Waals surface area (Å²) in [5.74, 6) is 0. The Balaban J connectivity index is 1.88. The molecule has 1 aliphatic heterocycles. The van der Waals surface area contributed by atoms with E-state index in [1.54, 1.807) is 6.07 Å². The Bertz CT molecular complexity index is 1710. The zero-order chi connectivity index (χ0) is 22.7. The van der Waals surface area contributed by atoms with E-state index in [0.29, 0.717) is 16.1 Å². The van der Waals surface area contributed by atoms with Gasteiger partial charge >= 0.3 is 0 Å². The Kier molecular flexibility index (Phi) is 4.57. The molecule has 160 valence electrons. The SMILES string of the molecule is Cc1c2sc3nc(Cl)ccc3nc-2c2c(-c3ccccc3)n(C)c(-c3ccccc3)c2c1=O. The minimum absolute atomic E-state index is 0.0218. The lowest BCUT2D eigenvalue weighted by Gasteiger charge is -2.12. The number of halogens is 1. The van der Waals surface area contributed by atoms with Gasteiger partial charge in [0, 0.05) is 18.0 Å². The van der Waals surface area contributed by atoms with Gasteiger partial charge in [-0.2, -0.15) is 0 Å². The first-order valence-corrected chi connectivity index (χ1v) is 11.8. The topological polar surface area (TPSA) is 47.8 Å². The fourth-order valence-corrected chi connectivity index (χ4v) is 5.85. The molecular weight excluding hydrogens is 450 g/mol. The third kappa shape index (κ3) is 3.00. The van der Waals surface area contributed by atoms with Crippen molar-refractivity contribution in [3.8, 4) is 33.1 Å². The van der Waals surface area contributed by atoms with Crippen molar-refractivity contribution >= 4 is 44.1 Å². The molecule has 4 aromatic rings. The highest BCUT2D eigenvalue weighted by atomic mass is 35.5. The van der Waals surface area contributed by atoms with Crippen molar-refractivity contribution in [2.45, 2.75) is 6.92 Å². The van der Waals surface area contributed by atoms with Gasteiger partial charge in [-0.05, 0) is 30.2 Å². The van der Waals surface area contributed by atoms with E-state index in [1.165, 1.54) is 11.3 Å². The fraction of sp³-hybridized carbons (Fsp3) is 0.0741.